The second-order valence-electron chi connectivity index (χ2n) is 6.04. The Morgan fingerprint density at radius 3 is 2.90 bits per heavy atom. The number of halogens is 2. The molecule has 0 saturated carbocycles. The minimum Gasteiger partial charge on any atom is -0.459 e. The lowest BCUT2D eigenvalue weighted by Gasteiger charge is -2.25. The van der Waals surface area contributed by atoms with Crippen molar-refractivity contribution in [3.8, 4) is 0 Å². The summed E-state index contributed by atoms with van der Waals surface area (Å²) in [4.78, 5) is 39.7. The molecule has 152 valence electrons. The van der Waals surface area contributed by atoms with Crippen LogP contribution in [0.15, 0.2) is 51.2 Å². The first-order valence-electron chi connectivity index (χ1n) is 8.08. The quantitative estimate of drug-likeness (QED) is 0.317. The van der Waals surface area contributed by atoms with Gasteiger partial charge in [-0.25, -0.2) is 14.0 Å². The lowest BCUT2D eigenvalue weighted by molar-refractivity contribution is -0.118. The summed E-state index contributed by atoms with van der Waals surface area (Å²) in [5.74, 6) is -0.907. The van der Waals surface area contributed by atoms with Crippen molar-refractivity contribution in [2.24, 2.45) is 5.11 Å². The van der Waals surface area contributed by atoms with Gasteiger partial charge in [0.2, 0.25) is 5.72 Å². The summed E-state index contributed by atoms with van der Waals surface area (Å²) in [5.41, 5.74) is 4.73. The zero-order valence-electron chi connectivity index (χ0n) is 14.4. The van der Waals surface area contributed by atoms with Crippen LogP contribution in [0.5, 0.6) is 0 Å². The van der Waals surface area contributed by atoms with Crippen LogP contribution in [0, 0.1) is 0 Å². The van der Waals surface area contributed by atoms with E-state index < -0.39 is 48.1 Å². The van der Waals surface area contributed by atoms with Crippen LogP contribution in [0.4, 0.5) is 4.39 Å². The number of aromatic nitrogens is 2. The van der Waals surface area contributed by atoms with Gasteiger partial charge in [-0.15, -0.1) is 0 Å². The number of alkyl halides is 1. The standard InChI is InChI=1S/C16H13ClFN5O6/c17-9-3-1-2-8(6-9)14(26)28-7-16(21-22-19)12(18)11(25)13(29-16)23-5-4-10(24)20-15(23)27/h1-6,11-13,25H,7H2,(H,20,24,27)/t11-,12+,13?,16-/m1/s1. The molecule has 2 N–H and O–H groups in total. The Balaban J connectivity index is 1.87. The third-order valence-corrected chi connectivity index (χ3v) is 4.39. The fourth-order valence-corrected chi connectivity index (χ4v) is 2.96. The summed E-state index contributed by atoms with van der Waals surface area (Å²) in [5, 5.41) is 13.7. The van der Waals surface area contributed by atoms with E-state index in [0.717, 1.165) is 12.3 Å². The molecule has 0 radical (unpaired) electrons. The molecule has 3 rings (SSSR count). The minimum atomic E-state index is -2.44. The van der Waals surface area contributed by atoms with Crippen LogP contribution in [0.3, 0.4) is 0 Å². The van der Waals surface area contributed by atoms with Gasteiger partial charge in [0.05, 0.1) is 5.56 Å². The number of nitrogens with zero attached hydrogens (tertiary/aromatic N) is 4. The maximum atomic E-state index is 14.8. The number of nitrogens with one attached hydrogen (secondary N) is 1. The molecule has 1 unspecified atom stereocenters. The molecule has 0 bridgehead atoms. The average Bonchev–Trinajstić information content (AvgIpc) is 2.92. The molecule has 1 aromatic carbocycles. The Labute approximate surface area is 165 Å². The predicted molar refractivity (Wildman–Crippen MR) is 96.0 cm³/mol. The molecule has 1 aliphatic heterocycles. The van der Waals surface area contributed by atoms with Crippen molar-refractivity contribution in [3.05, 3.63) is 78.4 Å². The van der Waals surface area contributed by atoms with E-state index in [1.807, 2.05) is 4.98 Å². The van der Waals surface area contributed by atoms with Crippen LogP contribution >= 0.6 is 11.6 Å². The van der Waals surface area contributed by atoms with Crippen molar-refractivity contribution in [3.63, 3.8) is 0 Å². The molecule has 2 heterocycles. The number of hydrogen-bond acceptors (Lipinski definition) is 7. The van der Waals surface area contributed by atoms with Crippen molar-refractivity contribution in [1.82, 2.24) is 9.55 Å². The summed E-state index contributed by atoms with van der Waals surface area (Å²) in [7, 11) is 0. The maximum Gasteiger partial charge on any atom is 0.338 e. The van der Waals surface area contributed by atoms with Gasteiger partial charge >= 0.3 is 11.7 Å². The van der Waals surface area contributed by atoms with Gasteiger partial charge in [-0.05, 0) is 23.7 Å². The van der Waals surface area contributed by atoms with Crippen LogP contribution in [-0.2, 0) is 9.47 Å². The van der Waals surface area contributed by atoms with Gasteiger partial charge in [0.1, 0.15) is 12.7 Å². The van der Waals surface area contributed by atoms with E-state index in [1.54, 1.807) is 0 Å². The van der Waals surface area contributed by atoms with Gasteiger partial charge in [0.15, 0.2) is 12.4 Å². The molecule has 1 aromatic heterocycles. The molecule has 2 aromatic rings. The average molecular weight is 426 g/mol. The lowest BCUT2D eigenvalue weighted by Crippen LogP contribution is -2.43. The summed E-state index contributed by atoms with van der Waals surface area (Å²) < 4.78 is 25.9. The van der Waals surface area contributed by atoms with Crippen LogP contribution in [0.1, 0.15) is 16.6 Å². The first kappa shape index (κ1) is 20.6. The van der Waals surface area contributed by atoms with Gasteiger partial charge < -0.3 is 14.6 Å². The first-order valence-corrected chi connectivity index (χ1v) is 8.45. The van der Waals surface area contributed by atoms with E-state index in [0.29, 0.717) is 4.57 Å². The van der Waals surface area contributed by atoms with E-state index in [1.165, 1.54) is 24.3 Å². The monoisotopic (exact) mass is 425 g/mol. The molecule has 1 saturated heterocycles. The number of benzene rings is 1. The van der Waals surface area contributed by atoms with Crippen molar-refractivity contribution in [2.45, 2.75) is 24.2 Å². The van der Waals surface area contributed by atoms with E-state index in [-0.39, 0.29) is 10.6 Å². The number of hydrogen-bond donors (Lipinski definition) is 2. The highest BCUT2D eigenvalue weighted by molar-refractivity contribution is 6.30. The number of azide groups is 1. The summed E-state index contributed by atoms with van der Waals surface area (Å²) >= 11 is 5.80. The molecule has 0 spiro atoms. The number of H-pyrrole nitrogens is 1. The van der Waals surface area contributed by atoms with Crippen LogP contribution in [0.2, 0.25) is 5.02 Å². The Kier molecular flexibility index (Phi) is 5.71. The summed E-state index contributed by atoms with van der Waals surface area (Å²) in [6, 6.07) is 6.69. The van der Waals surface area contributed by atoms with E-state index in [9.17, 15) is 23.9 Å². The van der Waals surface area contributed by atoms with Gasteiger partial charge in [-0.2, -0.15) is 0 Å². The van der Waals surface area contributed by atoms with E-state index in [4.69, 9.17) is 26.6 Å². The lowest BCUT2D eigenvalue weighted by atomic mass is 10.1. The third kappa shape index (κ3) is 4.00. The highest BCUT2D eigenvalue weighted by Gasteiger charge is 2.57. The molecule has 0 aliphatic carbocycles. The molecule has 13 heteroatoms. The SMILES string of the molecule is [N-]=[N+]=N[C@]1(COC(=O)c2cccc(Cl)c2)OC(n2ccc(=O)[nH]c2=O)[C@H](O)[C@@H]1F. The Morgan fingerprint density at radius 1 is 1.48 bits per heavy atom. The molecule has 29 heavy (non-hydrogen) atoms. The number of carbonyl (C=O) groups excluding carboxylic acids is 1. The maximum absolute atomic E-state index is 14.8. The minimum absolute atomic E-state index is 0.0518. The Morgan fingerprint density at radius 2 is 2.24 bits per heavy atom. The predicted octanol–water partition coefficient (Wildman–Crippen LogP) is 1.28. The second kappa shape index (κ2) is 8.05. The van der Waals surface area contributed by atoms with E-state index in [2.05, 4.69) is 10.0 Å². The highest BCUT2D eigenvalue weighted by Crippen LogP contribution is 2.40. The zero-order valence-corrected chi connectivity index (χ0v) is 15.2. The van der Waals surface area contributed by atoms with Crippen molar-refractivity contribution in [1.29, 1.82) is 0 Å². The molecule has 1 aliphatic rings. The number of rotatable bonds is 5. The van der Waals surface area contributed by atoms with Gasteiger partial charge in [-0.3, -0.25) is 14.3 Å². The fourth-order valence-electron chi connectivity index (χ4n) is 2.77. The van der Waals surface area contributed by atoms with Gasteiger partial charge in [0, 0.05) is 22.2 Å². The number of aromatic amines is 1. The number of ether oxygens (including phenoxy) is 2. The number of esters is 1. The summed E-state index contributed by atoms with van der Waals surface area (Å²) in [6.07, 6.45) is -4.99. The molecular weight excluding hydrogens is 413 g/mol. The smallest absolute Gasteiger partial charge is 0.338 e. The summed E-state index contributed by atoms with van der Waals surface area (Å²) in [6.45, 7) is -0.894. The van der Waals surface area contributed by atoms with Crippen LogP contribution in [0.25, 0.3) is 10.4 Å². The zero-order chi connectivity index (χ0) is 21.2. The highest BCUT2D eigenvalue weighted by atomic mass is 35.5. The number of aliphatic hydroxyl groups excluding tert-OH is 1. The second-order valence-corrected chi connectivity index (χ2v) is 6.48. The fraction of sp³-hybridized carbons (Fsp3) is 0.312. The first-order chi connectivity index (χ1) is 13.8. The van der Waals surface area contributed by atoms with Gasteiger partial charge in [0.25, 0.3) is 5.56 Å². The third-order valence-electron chi connectivity index (χ3n) is 4.16. The largest absolute Gasteiger partial charge is 0.459 e. The van der Waals surface area contributed by atoms with Gasteiger partial charge in [-0.1, -0.05) is 22.8 Å². The Hall–Kier alpha value is -3.18. The van der Waals surface area contributed by atoms with E-state index >= 15 is 0 Å². The number of carbonyl (C=O) groups is 1. The molecule has 0 amide bonds. The van der Waals surface area contributed by atoms with Crippen molar-refractivity contribution in [2.75, 3.05) is 6.61 Å². The molecule has 4 atom stereocenters. The molecular formula is C16H13ClFN5O6. The van der Waals surface area contributed by atoms with Crippen LogP contribution in [-0.4, -0.2) is 45.2 Å². The topological polar surface area (TPSA) is 159 Å². The van der Waals surface area contributed by atoms with Crippen molar-refractivity contribution < 1.29 is 23.8 Å². The Bertz CT molecular complexity index is 1100. The molecule has 11 nitrogen and oxygen atoms in total. The number of aliphatic hydroxyl groups is 1. The normalized spacial score (nSPS) is 26.0. The molecule has 1 fully saturated rings. The van der Waals surface area contributed by atoms with Crippen LogP contribution < -0.4 is 11.2 Å². The van der Waals surface area contributed by atoms with Crippen molar-refractivity contribution >= 4 is 17.6 Å².